The van der Waals surface area contributed by atoms with Gasteiger partial charge in [0.05, 0.1) is 6.04 Å². The molecule has 1 aromatic carbocycles. The van der Waals surface area contributed by atoms with Gasteiger partial charge in [0, 0.05) is 12.5 Å². The van der Waals surface area contributed by atoms with Crippen LogP contribution in [0.3, 0.4) is 0 Å². The average molecular weight is 248 g/mol. The third kappa shape index (κ3) is 4.88. The van der Waals surface area contributed by atoms with Crippen molar-refractivity contribution in [3.63, 3.8) is 0 Å². The van der Waals surface area contributed by atoms with Crippen LogP contribution >= 0.6 is 0 Å². The quantitative estimate of drug-likeness (QED) is 0.813. The number of hydrogen-bond donors (Lipinski definition) is 2. The molecule has 0 heterocycles. The van der Waals surface area contributed by atoms with E-state index < -0.39 is 0 Å². The van der Waals surface area contributed by atoms with Crippen molar-refractivity contribution in [2.45, 2.75) is 52.1 Å². The number of benzene rings is 1. The molecular formula is C15H24N2O. The maximum atomic E-state index is 11.8. The Morgan fingerprint density at radius 3 is 2.78 bits per heavy atom. The number of aryl methyl sites for hydroxylation is 1. The molecule has 0 fully saturated rings. The molecule has 1 amide bonds. The van der Waals surface area contributed by atoms with E-state index in [1.807, 2.05) is 19.1 Å². The molecule has 0 saturated carbocycles. The zero-order chi connectivity index (χ0) is 13.5. The van der Waals surface area contributed by atoms with Crippen molar-refractivity contribution in [2.75, 3.05) is 0 Å². The normalized spacial score (nSPS) is 14.0. The van der Waals surface area contributed by atoms with E-state index in [0.717, 1.165) is 18.4 Å². The van der Waals surface area contributed by atoms with Crippen LogP contribution in [0.1, 0.15) is 50.3 Å². The van der Waals surface area contributed by atoms with Gasteiger partial charge in [0.2, 0.25) is 5.91 Å². The lowest BCUT2D eigenvalue weighted by Crippen LogP contribution is -2.33. The molecule has 3 heteroatoms. The summed E-state index contributed by atoms with van der Waals surface area (Å²) in [5.74, 6) is 0.0324. The van der Waals surface area contributed by atoms with Crippen molar-refractivity contribution in [3.05, 3.63) is 35.4 Å². The molecular weight excluding hydrogens is 224 g/mol. The third-order valence-corrected chi connectivity index (χ3v) is 3.03. The highest BCUT2D eigenvalue weighted by atomic mass is 16.1. The molecule has 1 rings (SSSR count). The minimum absolute atomic E-state index is 0.0280. The Kier molecular flexibility index (Phi) is 5.86. The third-order valence-electron chi connectivity index (χ3n) is 3.03. The van der Waals surface area contributed by atoms with Crippen molar-refractivity contribution in [2.24, 2.45) is 5.73 Å². The fourth-order valence-electron chi connectivity index (χ4n) is 2.03. The van der Waals surface area contributed by atoms with Crippen molar-refractivity contribution in [1.29, 1.82) is 0 Å². The second-order valence-corrected chi connectivity index (χ2v) is 4.96. The van der Waals surface area contributed by atoms with Gasteiger partial charge in [-0.3, -0.25) is 4.79 Å². The number of carbonyl (C=O) groups excluding carboxylic acids is 1. The molecule has 0 aromatic heterocycles. The summed E-state index contributed by atoms with van der Waals surface area (Å²) in [4.78, 5) is 11.8. The number of nitrogens with one attached hydrogen (secondary N) is 1. The average Bonchev–Trinajstić information content (AvgIpc) is 2.28. The molecule has 0 saturated heterocycles. The maximum absolute atomic E-state index is 11.8. The highest BCUT2D eigenvalue weighted by Crippen LogP contribution is 2.14. The van der Waals surface area contributed by atoms with E-state index in [1.54, 1.807) is 0 Å². The van der Waals surface area contributed by atoms with Crippen molar-refractivity contribution >= 4 is 5.91 Å². The van der Waals surface area contributed by atoms with Gasteiger partial charge in [-0.2, -0.15) is 0 Å². The number of carbonyl (C=O) groups is 1. The zero-order valence-corrected chi connectivity index (χ0v) is 11.6. The first-order valence-corrected chi connectivity index (χ1v) is 6.64. The largest absolute Gasteiger partial charge is 0.350 e. The lowest BCUT2D eigenvalue weighted by molar-refractivity contribution is -0.122. The first kappa shape index (κ1) is 14.7. The van der Waals surface area contributed by atoms with E-state index in [9.17, 15) is 4.79 Å². The summed E-state index contributed by atoms with van der Waals surface area (Å²) in [7, 11) is 0. The second-order valence-electron chi connectivity index (χ2n) is 4.96. The molecule has 1 aromatic rings. The molecule has 18 heavy (non-hydrogen) atoms. The predicted molar refractivity (Wildman–Crippen MR) is 75.2 cm³/mol. The lowest BCUT2D eigenvalue weighted by atomic mass is 10.0. The van der Waals surface area contributed by atoms with Crippen LogP contribution in [0.5, 0.6) is 0 Å². The van der Waals surface area contributed by atoms with Crippen molar-refractivity contribution in [1.82, 2.24) is 5.32 Å². The van der Waals surface area contributed by atoms with Gasteiger partial charge < -0.3 is 11.1 Å². The molecule has 1 unspecified atom stereocenters. The summed E-state index contributed by atoms with van der Waals surface area (Å²) >= 11 is 0. The van der Waals surface area contributed by atoms with Crippen LogP contribution < -0.4 is 11.1 Å². The van der Waals surface area contributed by atoms with Gasteiger partial charge in [0.1, 0.15) is 0 Å². The molecule has 0 aliphatic heterocycles. The molecule has 0 spiro atoms. The highest BCUT2D eigenvalue weighted by molar-refractivity contribution is 5.77. The lowest BCUT2D eigenvalue weighted by Gasteiger charge is -2.16. The number of amides is 1. The SMILES string of the molecule is CCCC(N)CC(=O)N[C@@H](C)c1cccc(C)c1. The second kappa shape index (κ2) is 7.17. The highest BCUT2D eigenvalue weighted by Gasteiger charge is 2.12. The van der Waals surface area contributed by atoms with Gasteiger partial charge in [-0.05, 0) is 25.8 Å². The number of hydrogen-bond acceptors (Lipinski definition) is 2. The van der Waals surface area contributed by atoms with Crippen LogP contribution in [0.25, 0.3) is 0 Å². The molecule has 0 aliphatic carbocycles. The Balaban J connectivity index is 2.49. The Morgan fingerprint density at radius 2 is 2.17 bits per heavy atom. The van der Waals surface area contributed by atoms with E-state index in [2.05, 4.69) is 31.3 Å². The number of nitrogens with two attached hydrogens (primary N) is 1. The van der Waals surface area contributed by atoms with E-state index in [-0.39, 0.29) is 18.0 Å². The van der Waals surface area contributed by atoms with Crippen molar-refractivity contribution < 1.29 is 4.79 Å². The summed E-state index contributed by atoms with van der Waals surface area (Å²) in [5, 5.41) is 2.99. The molecule has 0 aliphatic rings. The van der Waals surface area contributed by atoms with Crippen molar-refractivity contribution in [3.8, 4) is 0 Å². The van der Waals surface area contributed by atoms with Gasteiger partial charge in [-0.25, -0.2) is 0 Å². The molecule has 100 valence electrons. The van der Waals surface area contributed by atoms with Crippen LogP contribution in [-0.2, 0) is 4.79 Å². The van der Waals surface area contributed by atoms with E-state index in [0.29, 0.717) is 6.42 Å². The Hall–Kier alpha value is -1.35. The molecule has 0 bridgehead atoms. The van der Waals surface area contributed by atoms with E-state index >= 15 is 0 Å². The molecule has 3 nitrogen and oxygen atoms in total. The molecule has 0 radical (unpaired) electrons. The van der Waals surface area contributed by atoms with Crippen LogP contribution in [0, 0.1) is 6.92 Å². The van der Waals surface area contributed by atoms with Crippen LogP contribution in [0.15, 0.2) is 24.3 Å². The Morgan fingerprint density at radius 1 is 1.44 bits per heavy atom. The minimum atomic E-state index is -0.0280. The predicted octanol–water partition coefficient (Wildman–Crippen LogP) is 2.69. The minimum Gasteiger partial charge on any atom is -0.350 e. The maximum Gasteiger partial charge on any atom is 0.222 e. The monoisotopic (exact) mass is 248 g/mol. The van der Waals surface area contributed by atoms with Crippen LogP contribution in [0.4, 0.5) is 0 Å². The van der Waals surface area contributed by atoms with Gasteiger partial charge in [0.15, 0.2) is 0 Å². The summed E-state index contributed by atoms with van der Waals surface area (Å²) in [6.45, 7) is 6.13. The molecule has 3 N–H and O–H groups in total. The first-order valence-electron chi connectivity index (χ1n) is 6.64. The van der Waals surface area contributed by atoms with Gasteiger partial charge >= 0.3 is 0 Å². The van der Waals surface area contributed by atoms with E-state index in [4.69, 9.17) is 5.73 Å². The zero-order valence-electron chi connectivity index (χ0n) is 11.6. The summed E-state index contributed by atoms with van der Waals surface area (Å²) in [6, 6.07) is 8.19. The van der Waals surface area contributed by atoms with E-state index in [1.165, 1.54) is 5.56 Å². The standard InChI is InChI=1S/C15H24N2O/c1-4-6-14(16)10-15(18)17-12(3)13-8-5-7-11(2)9-13/h5,7-9,12,14H,4,6,10,16H2,1-3H3,(H,17,18)/t12-,14?/m0/s1. The van der Waals surface area contributed by atoms with Gasteiger partial charge in [0.25, 0.3) is 0 Å². The van der Waals surface area contributed by atoms with Gasteiger partial charge in [-0.15, -0.1) is 0 Å². The number of rotatable bonds is 6. The first-order chi connectivity index (χ1) is 8.52. The Labute approximate surface area is 110 Å². The topological polar surface area (TPSA) is 55.1 Å². The summed E-state index contributed by atoms with van der Waals surface area (Å²) < 4.78 is 0. The van der Waals surface area contributed by atoms with Crippen LogP contribution in [-0.4, -0.2) is 11.9 Å². The fourth-order valence-corrected chi connectivity index (χ4v) is 2.03. The fraction of sp³-hybridized carbons (Fsp3) is 0.533. The summed E-state index contributed by atoms with van der Waals surface area (Å²) in [5.41, 5.74) is 8.20. The molecule has 2 atom stereocenters. The van der Waals surface area contributed by atoms with Crippen LogP contribution in [0.2, 0.25) is 0 Å². The Bertz CT molecular complexity index is 390. The van der Waals surface area contributed by atoms with Gasteiger partial charge in [-0.1, -0.05) is 43.2 Å². The smallest absolute Gasteiger partial charge is 0.222 e. The summed E-state index contributed by atoms with van der Waals surface area (Å²) in [6.07, 6.45) is 2.32.